The number of carbonyl (C=O) groups excluding carboxylic acids is 2. The van der Waals surface area contributed by atoms with Crippen LogP contribution in [0.3, 0.4) is 0 Å². The van der Waals surface area contributed by atoms with Crippen molar-refractivity contribution in [3.05, 3.63) is 12.2 Å². The number of carbonyl (C=O) groups is 2. The molecule has 0 bridgehead atoms. The van der Waals surface area contributed by atoms with E-state index in [-0.39, 0.29) is 44.9 Å². The molecule has 0 saturated heterocycles. The number of Topliss-reactive ketones (excluding diaryl/α,β-unsaturated/α-hetero) is 1. The van der Waals surface area contributed by atoms with Crippen molar-refractivity contribution in [1.29, 1.82) is 0 Å². The molecule has 0 aromatic rings. The molecule has 11 atom stereocenters. The summed E-state index contributed by atoms with van der Waals surface area (Å²) in [4.78, 5) is 25.3. The second-order valence-corrected chi connectivity index (χ2v) is 15.9. The van der Waals surface area contributed by atoms with Crippen LogP contribution in [0.15, 0.2) is 12.2 Å². The summed E-state index contributed by atoms with van der Waals surface area (Å²) in [5, 5.41) is 11.0. The molecular weight excluding hydrogens is 472 g/mol. The maximum absolute atomic E-state index is 13.1. The molecule has 0 aliphatic heterocycles. The van der Waals surface area contributed by atoms with Crippen molar-refractivity contribution in [2.75, 3.05) is 0 Å². The molecule has 0 radical (unpaired) electrons. The van der Waals surface area contributed by atoms with Gasteiger partial charge in [0.05, 0.1) is 6.10 Å². The van der Waals surface area contributed by atoms with Gasteiger partial charge in [-0.1, -0.05) is 46.8 Å². The summed E-state index contributed by atoms with van der Waals surface area (Å²) in [6.07, 6.45) is 10.1. The van der Waals surface area contributed by atoms with Crippen molar-refractivity contribution in [1.82, 2.24) is 0 Å². The van der Waals surface area contributed by atoms with Gasteiger partial charge in [-0.2, -0.15) is 0 Å². The lowest BCUT2D eigenvalue weighted by Gasteiger charge is -2.73. The van der Waals surface area contributed by atoms with Crippen LogP contribution in [0.25, 0.3) is 0 Å². The van der Waals surface area contributed by atoms with E-state index in [1.165, 1.54) is 38.2 Å². The Morgan fingerprint density at radius 1 is 0.816 bits per heavy atom. The minimum atomic E-state index is -0.640. The Morgan fingerprint density at radius 2 is 1.50 bits per heavy atom. The van der Waals surface area contributed by atoms with E-state index in [9.17, 15) is 14.7 Å². The Labute approximate surface area is 231 Å². The largest absolute Gasteiger partial charge is 0.454 e. The normalized spacial score (nSPS) is 50.0. The van der Waals surface area contributed by atoms with E-state index in [1.807, 2.05) is 0 Å². The van der Waals surface area contributed by atoms with Gasteiger partial charge in [0.1, 0.15) is 0 Å². The summed E-state index contributed by atoms with van der Waals surface area (Å²) in [6, 6.07) is 0. The number of aliphatic hydroxyl groups is 1. The van der Waals surface area contributed by atoms with Crippen LogP contribution in [0, 0.1) is 56.7 Å². The predicted octanol–water partition coefficient (Wildman–Crippen LogP) is 7.53. The standard InChI is InChI=1S/C34H54O4/c1-20(2)23-12-17-34(29(21(3)35)38-22(4)36)19-18-32(8)24(28(23)34)10-11-26-31(7)15-14-27(37)30(5,6)25(31)13-16-33(26,32)9/h23-29,37H,1,10-19H2,2-9H3/t23-,24+,25-,26+,27-,28+,29?,31-,32+,33+,34-/m0/s1. The molecular formula is C34H54O4. The monoisotopic (exact) mass is 526 g/mol. The highest BCUT2D eigenvalue weighted by molar-refractivity contribution is 5.84. The molecule has 1 N–H and O–H groups in total. The van der Waals surface area contributed by atoms with Gasteiger partial charge < -0.3 is 9.84 Å². The van der Waals surface area contributed by atoms with Crippen LogP contribution in [0.4, 0.5) is 0 Å². The highest BCUT2D eigenvalue weighted by Gasteiger charge is 2.72. The first-order valence-electron chi connectivity index (χ1n) is 15.6. The highest BCUT2D eigenvalue weighted by Crippen LogP contribution is 2.78. The Kier molecular flexibility index (Phi) is 6.66. The molecule has 5 saturated carbocycles. The number of allylic oxidation sites excluding steroid dienone is 1. The van der Waals surface area contributed by atoms with Crippen LogP contribution in [0.1, 0.15) is 120 Å². The van der Waals surface area contributed by atoms with Gasteiger partial charge in [-0.25, -0.2) is 0 Å². The molecule has 4 nitrogen and oxygen atoms in total. The smallest absolute Gasteiger partial charge is 0.303 e. The summed E-state index contributed by atoms with van der Waals surface area (Å²) < 4.78 is 5.91. The number of ketones is 1. The van der Waals surface area contributed by atoms with E-state index in [2.05, 4.69) is 48.1 Å². The molecule has 0 amide bonds. The zero-order valence-electron chi connectivity index (χ0n) is 25.5. The Morgan fingerprint density at radius 3 is 2.11 bits per heavy atom. The topological polar surface area (TPSA) is 63.6 Å². The summed E-state index contributed by atoms with van der Waals surface area (Å²) in [7, 11) is 0. The van der Waals surface area contributed by atoms with Gasteiger partial charge in [0.2, 0.25) is 0 Å². The Hall–Kier alpha value is -1.16. The van der Waals surface area contributed by atoms with Gasteiger partial charge in [-0.05, 0) is 129 Å². The second-order valence-electron chi connectivity index (χ2n) is 15.9. The van der Waals surface area contributed by atoms with Crippen LogP contribution in [-0.2, 0) is 14.3 Å². The second kappa shape index (κ2) is 8.92. The van der Waals surface area contributed by atoms with Crippen LogP contribution >= 0.6 is 0 Å². The maximum atomic E-state index is 13.1. The van der Waals surface area contributed by atoms with Crippen LogP contribution < -0.4 is 0 Å². The maximum Gasteiger partial charge on any atom is 0.303 e. The first-order valence-corrected chi connectivity index (χ1v) is 15.6. The van der Waals surface area contributed by atoms with E-state index in [1.54, 1.807) is 6.92 Å². The molecule has 0 spiro atoms. The minimum absolute atomic E-state index is 0.00656. The molecule has 4 heteroatoms. The zero-order chi connectivity index (χ0) is 28.1. The molecule has 5 fully saturated rings. The van der Waals surface area contributed by atoms with E-state index >= 15 is 0 Å². The third-order valence-electron chi connectivity index (χ3n) is 14.3. The minimum Gasteiger partial charge on any atom is -0.454 e. The molecule has 0 heterocycles. The van der Waals surface area contributed by atoms with Crippen molar-refractivity contribution >= 4 is 11.8 Å². The lowest BCUT2D eigenvalue weighted by atomic mass is 9.32. The van der Waals surface area contributed by atoms with Gasteiger partial charge in [0.15, 0.2) is 11.9 Å². The molecule has 214 valence electrons. The number of hydrogen-bond acceptors (Lipinski definition) is 4. The number of rotatable bonds is 4. The molecule has 0 aromatic carbocycles. The fourth-order valence-electron chi connectivity index (χ4n) is 12.4. The van der Waals surface area contributed by atoms with Gasteiger partial charge in [0.25, 0.3) is 0 Å². The Bertz CT molecular complexity index is 1010. The fourth-order valence-corrected chi connectivity index (χ4v) is 12.4. The lowest BCUT2D eigenvalue weighted by Crippen LogP contribution is -2.67. The molecule has 5 aliphatic rings. The Balaban J connectivity index is 1.57. The van der Waals surface area contributed by atoms with E-state index < -0.39 is 6.10 Å². The van der Waals surface area contributed by atoms with E-state index in [0.29, 0.717) is 29.6 Å². The van der Waals surface area contributed by atoms with Crippen molar-refractivity contribution in [2.24, 2.45) is 56.7 Å². The number of ether oxygens (including phenoxy) is 1. The van der Waals surface area contributed by atoms with Crippen LogP contribution in [0.5, 0.6) is 0 Å². The summed E-state index contributed by atoms with van der Waals surface area (Å²) in [5.41, 5.74) is 1.57. The van der Waals surface area contributed by atoms with Gasteiger partial charge in [-0.3, -0.25) is 9.59 Å². The quantitative estimate of drug-likeness (QED) is 0.304. The summed E-state index contributed by atoms with van der Waals surface area (Å²) in [5.74, 6) is 2.09. The van der Waals surface area contributed by atoms with Gasteiger partial charge >= 0.3 is 5.97 Å². The molecule has 0 aromatic heterocycles. The summed E-state index contributed by atoms with van der Waals surface area (Å²) in [6.45, 7) is 22.1. The first kappa shape index (κ1) is 28.4. The third kappa shape index (κ3) is 3.56. The molecule has 1 unspecified atom stereocenters. The SMILES string of the molecule is C=C(C)[C@@H]1CC[C@]2(C(OC(C)=O)C(C)=O)CC[C@]3(C)[C@H](CC[C@@H]4[C@@]5(C)CC[C@H](O)C(C)(C)[C@@H]5CC[C@]43C)[C@@H]12. The lowest BCUT2D eigenvalue weighted by molar-refractivity contribution is -0.253. The van der Waals surface area contributed by atoms with Gasteiger partial charge in [-0.15, -0.1) is 0 Å². The van der Waals surface area contributed by atoms with Crippen LogP contribution in [0.2, 0.25) is 0 Å². The van der Waals surface area contributed by atoms with Crippen molar-refractivity contribution in [2.45, 2.75) is 132 Å². The van der Waals surface area contributed by atoms with Crippen molar-refractivity contribution < 1.29 is 19.4 Å². The average molecular weight is 527 g/mol. The van der Waals surface area contributed by atoms with E-state index in [4.69, 9.17) is 4.74 Å². The predicted molar refractivity (Wildman–Crippen MR) is 151 cm³/mol. The average Bonchev–Trinajstić information content (AvgIpc) is 3.21. The number of fused-ring (bicyclic) bond motifs is 7. The highest BCUT2D eigenvalue weighted by atomic mass is 16.5. The first-order chi connectivity index (χ1) is 17.6. The number of aliphatic hydroxyl groups excluding tert-OH is 1. The zero-order valence-corrected chi connectivity index (χ0v) is 25.5. The van der Waals surface area contributed by atoms with Crippen LogP contribution in [-0.4, -0.2) is 29.1 Å². The number of hydrogen-bond donors (Lipinski definition) is 1. The number of esters is 1. The molecule has 5 aliphatic carbocycles. The summed E-state index contributed by atoms with van der Waals surface area (Å²) >= 11 is 0. The molecule has 5 rings (SSSR count). The fraction of sp³-hybridized carbons (Fsp3) is 0.882. The van der Waals surface area contributed by atoms with E-state index in [0.717, 1.165) is 38.5 Å². The molecule has 38 heavy (non-hydrogen) atoms. The van der Waals surface area contributed by atoms with Crippen molar-refractivity contribution in [3.8, 4) is 0 Å². The third-order valence-corrected chi connectivity index (χ3v) is 14.3. The van der Waals surface area contributed by atoms with Crippen molar-refractivity contribution in [3.63, 3.8) is 0 Å². The van der Waals surface area contributed by atoms with Gasteiger partial charge in [0, 0.05) is 12.3 Å².